The molecule has 2 N–H and O–H groups in total. The second kappa shape index (κ2) is 5.86. The number of benzene rings is 2. The first kappa shape index (κ1) is 16.7. The van der Waals surface area contributed by atoms with Gasteiger partial charge in [0.1, 0.15) is 17.2 Å². The van der Waals surface area contributed by atoms with Crippen molar-refractivity contribution in [2.24, 2.45) is 7.05 Å². The van der Waals surface area contributed by atoms with E-state index < -0.39 is 0 Å². The Morgan fingerprint density at radius 3 is 2.53 bits per heavy atom. The molecule has 6 rings (SSSR count). The molecule has 2 aromatic carbocycles. The van der Waals surface area contributed by atoms with Crippen molar-refractivity contribution in [1.82, 2.24) is 34.4 Å². The first-order valence-corrected chi connectivity index (χ1v) is 9.41. The molecule has 0 aliphatic rings. The molecule has 0 atom stereocenters. The molecule has 146 valence electrons. The van der Waals surface area contributed by atoms with Crippen molar-refractivity contribution in [3.8, 4) is 17.1 Å². The fraction of sp³-hybridized carbons (Fsp3) is 0.0952. The average molecular weight is 396 g/mol. The summed E-state index contributed by atoms with van der Waals surface area (Å²) in [6.45, 7) is 2.03. The molecule has 0 aliphatic heterocycles. The lowest BCUT2D eigenvalue weighted by atomic mass is 10.2. The van der Waals surface area contributed by atoms with E-state index in [1.807, 2.05) is 71.6 Å². The number of hydrogen-bond acceptors (Lipinski definition) is 7. The van der Waals surface area contributed by atoms with E-state index in [9.17, 15) is 0 Å². The van der Waals surface area contributed by atoms with E-state index in [0.717, 1.165) is 22.3 Å². The number of aryl methyl sites for hydroxylation is 2. The summed E-state index contributed by atoms with van der Waals surface area (Å²) in [6.07, 6.45) is 0. The van der Waals surface area contributed by atoms with Crippen LogP contribution in [0, 0.1) is 6.92 Å². The third-order valence-corrected chi connectivity index (χ3v) is 5.31. The Morgan fingerprint density at radius 1 is 0.933 bits per heavy atom. The van der Waals surface area contributed by atoms with Gasteiger partial charge in [0.25, 0.3) is 0 Å². The summed E-state index contributed by atoms with van der Waals surface area (Å²) in [5.41, 5.74) is 13.1. The fourth-order valence-electron chi connectivity index (χ4n) is 3.92. The number of nitrogen functional groups attached to an aromatic ring is 1. The zero-order valence-corrected chi connectivity index (χ0v) is 16.2. The predicted molar refractivity (Wildman–Crippen MR) is 113 cm³/mol. The monoisotopic (exact) mass is 396 g/mol. The molecule has 6 aromatic rings. The quantitative estimate of drug-likeness (QED) is 0.477. The third kappa shape index (κ3) is 2.20. The van der Waals surface area contributed by atoms with Gasteiger partial charge in [-0.05, 0) is 47.1 Å². The van der Waals surface area contributed by atoms with E-state index in [-0.39, 0.29) is 0 Å². The highest BCUT2D eigenvalue weighted by atomic mass is 16.6. The Kier molecular flexibility index (Phi) is 3.26. The zero-order valence-electron chi connectivity index (χ0n) is 16.2. The third-order valence-electron chi connectivity index (χ3n) is 5.31. The number of aromatic nitrogens is 7. The van der Waals surface area contributed by atoms with Gasteiger partial charge in [0, 0.05) is 12.7 Å². The number of nitrogens with zero attached hydrogens (tertiary/aromatic N) is 7. The Balaban J connectivity index is 1.77. The van der Waals surface area contributed by atoms with Crippen molar-refractivity contribution >= 4 is 39.3 Å². The highest BCUT2D eigenvalue weighted by Crippen LogP contribution is 2.38. The number of rotatable bonds is 2. The van der Waals surface area contributed by atoms with E-state index in [4.69, 9.17) is 15.3 Å². The minimum Gasteiger partial charge on any atom is -0.384 e. The highest BCUT2D eigenvalue weighted by Gasteiger charge is 2.25. The van der Waals surface area contributed by atoms with Crippen molar-refractivity contribution in [3.05, 3.63) is 54.1 Å². The van der Waals surface area contributed by atoms with Crippen LogP contribution in [0.3, 0.4) is 0 Å². The normalized spacial score (nSPS) is 11.8. The van der Waals surface area contributed by atoms with Crippen LogP contribution in [-0.2, 0) is 7.05 Å². The summed E-state index contributed by atoms with van der Waals surface area (Å²) in [5.74, 6) is 1.20. The summed E-state index contributed by atoms with van der Waals surface area (Å²) in [7, 11) is 1.96. The standard InChI is InChI=1S/C21H16N8O/c1-11-6-5-7-12(10-11)29-17(22)15(16-21(29)25-19-18(24-16)26-30-27-19)20-23-13-8-3-4-9-14(13)28(20)2/h3-10H,22H2,1-2H3. The van der Waals surface area contributed by atoms with Crippen LogP contribution >= 0.6 is 0 Å². The average Bonchev–Trinajstić information content (AvgIpc) is 3.40. The van der Waals surface area contributed by atoms with Gasteiger partial charge < -0.3 is 10.3 Å². The predicted octanol–water partition coefficient (Wildman–Crippen LogP) is 3.40. The van der Waals surface area contributed by atoms with Crippen LogP contribution < -0.4 is 5.73 Å². The minimum atomic E-state index is 0.323. The smallest absolute Gasteiger partial charge is 0.245 e. The molecule has 0 fully saturated rings. The molecule has 0 saturated carbocycles. The summed E-state index contributed by atoms with van der Waals surface area (Å²) in [4.78, 5) is 14.1. The van der Waals surface area contributed by atoms with Crippen molar-refractivity contribution < 1.29 is 4.63 Å². The zero-order chi connectivity index (χ0) is 20.4. The molecule has 0 aliphatic carbocycles. The Labute approximate surface area is 169 Å². The molecule has 0 saturated heterocycles. The van der Waals surface area contributed by atoms with Crippen molar-refractivity contribution in [1.29, 1.82) is 0 Å². The maximum Gasteiger partial charge on any atom is 0.245 e. The van der Waals surface area contributed by atoms with Gasteiger partial charge >= 0.3 is 0 Å². The summed E-state index contributed by atoms with van der Waals surface area (Å²) in [6, 6.07) is 16.0. The van der Waals surface area contributed by atoms with E-state index in [2.05, 4.69) is 20.3 Å². The SMILES string of the molecule is Cc1cccc(-n2c(N)c(-c3nc4ccccc4n3C)c3nc4nonc4nc32)c1. The number of anilines is 1. The number of para-hydroxylation sites is 2. The van der Waals surface area contributed by atoms with E-state index in [1.165, 1.54) is 0 Å². The van der Waals surface area contributed by atoms with Gasteiger partial charge in [0.05, 0.1) is 16.6 Å². The molecule has 0 amide bonds. The lowest BCUT2D eigenvalue weighted by Gasteiger charge is -2.08. The number of fused-ring (bicyclic) bond motifs is 3. The molecule has 0 unspecified atom stereocenters. The van der Waals surface area contributed by atoms with Crippen molar-refractivity contribution in [3.63, 3.8) is 0 Å². The Bertz CT molecular complexity index is 1590. The molecule has 0 bridgehead atoms. The van der Waals surface area contributed by atoms with Gasteiger partial charge in [-0.3, -0.25) is 4.57 Å². The maximum atomic E-state index is 6.72. The second-order valence-electron chi connectivity index (χ2n) is 7.23. The van der Waals surface area contributed by atoms with E-state index >= 15 is 0 Å². The lowest BCUT2D eigenvalue weighted by molar-refractivity contribution is 0.314. The van der Waals surface area contributed by atoms with Crippen molar-refractivity contribution in [2.75, 3.05) is 5.73 Å². The van der Waals surface area contributed by atoms with Crippen molar-refractivity contribution in [2.45, 2.75) is 6.92 Å². The molecule has 4 aromatic heterocycles. The maximum absolute atomic E-state index is 6.72. The number of nitrogens with two attached hydrogens (primary N) is 1. The van der Waals surface area contributed by atoms with Crippen LogP contribution in [0.15, 0.2) is 53.2 Å². The topological polar surface area (TPSA) is 113 Å². The molecule has 4 heterocycles. The number of hydrogen-bond donors (Lipinski definition) is 1. The fourth-order valence-corrected chi connectivity index (χ4v) is 3.92. The summed E-state index contributed by atoms with van der Waals surface area (Å²) >= 11 is 0. The molecule has 0 spiro atoms. The number of imidazole rings is 1. The Hall–Kier alpha value is -4.27. The molecule has 9 heteroatoms. The van der Waals surface area contributed by atoms with Gasteiger partial charge in [-0.25, -0.2) is 19.6 Å². The van der Waals surface area contributed by atoms with Crippen LogP contribution in [0.2, 0.25) is 0 Å². The second-order valence-corrected chi connectivity index (χ2v) is 7.23. The summed E-state index contributed by atoms with van der Waals surface area (Å²) < 4.78 is 8.71. The minimum absolute atomic E-state index is 0.323. The Morgan fingerprint density at radius 2 is 1.73 bits per heavy atom. The van der Waals surface area contributed by atoms with Gasteiger partial charge in [-0.2, -0.15) is 0 Å². The largest absolute Gasteiger partial charge is 0.384 e. The van der Waals surface area contributed by atoms with E-state index in [1.54, 1.807) is 0 Å². The first-order chi connectivity index (χ1) is 14.6. The highest BCUT2D eigenvalue weighted by molar-refractivity contribution is 6.01. The van der Waals surface area contributed by atoms with Crippen LogP contribution in [0.5, 0.6) is 0 Å². The van der Waals surface area contributed by atoms with Gasteiger partial charge in [0.2, 0.25) is 11.3 Å². The molecular formula is C21H16N8O. The van der Waals surface area contributed by atoms with Gasteiger partial charge in [-0.15, -0.1) is 0 Å². The lowest BCUT2D eigenvalue weighted by Crippen LogP contribution is -2.02. The van der Waals surface area contributed by atoms with Crippen LogP contribution in [0.25, 0.3) is 50.6 Å². The first-order valence-electron chi connectivity index (χ1n) is 9.41. The van der Waals surface area contributed by atoms with Gasteiger partial charge in [-0.1, -0.05) is 24.3 Å². The molecule has 30 heavy (non-hydrogen) atoms. The molecule has 9 nitrogen and oxygen atoms in total. The molecular weight excluding hydrogens is 380 g/mol. The van der Waals surface area contributed by atoms with Gasteiger partial charge in [0.15, 0.2) is 5.65 Å². The van der Waals surface area contributed by atoms with Crippen LogP contribution in [0.1, 0.15) is 5.56 Å². The van der Waals surface area contributed by atoms with Crippen LogP contribution in [-0.4, -0.2) is 34.4 Å². The van der Waals surface area contributed by atoms with Crippen LogP contribution in [0.4, 0.5) is 5.82 Å². The molecule has 0 radical (unpaired) electrons. The van der Waals surface area contributed by atoms with E-state index in [0.29, 0.717) is 39.7 Å². The summed E-state index contributed by atoms with van der Waals surface area (Å²) in [5, 5.41) is 7.71.